The molecule has 2 aromatic heterocycles. The lowest BCUT2D eigenvalue weighted by atomic mass is 10.2. The van der Waals surface area contributed by atoms with Crippen LogP contribution in [-0.4, -0.2) is 51.7 Å². The molecule has 170 valence electrons. The summed E-state index contributed by atoms with van der Waals surface area (Å²) in [6, 6.07) is 12.6. The number of pyridine rings is 1. The molecule has 0 N–H and O–H groups in total. The van der Waals surface area contributed by atoms with Gasteiger partial charge in [0.15, 0.2) is 0 Å². The Kier molecular flexibility index (Phi) is 6.35. The Hall–Kier alpha value is -2.71. The molecule has 8 heteroatoms. The molecule has 2 heterocycles. The van der Waals surface area contributed by atoms with Crippen LogP contribution in [0.25, 0.3) is 10.9 Å². The summed E-state index contributed by atoms with van der Waals surface area (Å²) in [5.74, 6) is -0.161. The maximum Gasteiger partial charge on any atom is 0.245 e. The summed E-state index contributed by atoms with van der Waals surface area (Å²) in [5.41, 5.74) is 1.46. The third kappa shape index (κ3) is 4.42. The van der Waals surface area contributed by atoms with Crippen molar-refractivity contribution in [3.05, 3.63) is 60.6 Å². The second-order valence-electron chi connectivity index (χ2n) is 8.50. The van der Waals surface area contributed by atoms with Gasteiger partial charge in [-0.15, -0.1) is 0 Å². The zero-order chi connectivity index (χ0) is 22.9. The van der Waals surface area contributed by atoms with Crippen molar-refractivity contribution in [1.29, 1.82) is 0 Å². The van der Waals surface area contributed by atoms with Gasteiger partial charge in [-0.1, -0.05) is 25.1 Å². The van der Waals surface area contributed by atoms with Gasteiger partial charge in [-0.3, -0.25) is 9.78 Å². The molecule has 1 fully saturated rings. The lowest BCUT2D eigenvalue weighted by Crippen LogP contribution is -2.47. The first-order chi connectivity index (χ1) is 15.3. The standard InChI is InChI=1S/C24H30N4O3S/c1-4-18(2)28(32(30,31)22-11-5-8-19-9-6-14-25-24(19)22)17-23(29)27(20-12-13-20)16-21-10-7-15-26(21)3/h5-11,14-15,18,20H,4,12-13,16-17H2,1-3H3. The van der Waals surface area contributed by atoms with Crippen molar-refractivity contribution in [3.63, 3.8) is 0 Å². The normalized spacial score (nSPS) is 15.2. The van der Waals surface area contributed by atoms with E-state index < -0.39 is 10.0 Å². The van der Waals surface area contributed by atoms with Crippen LogP contribution in [-0.2, 0) is 28.4 Å². The van der Waals surface area contributed by atoms with Crippen molar-refractivity contribution in [1.82, 2.24) is 18.8 Å². The molecule has 32 heavy (non-hydrogen) atoms. The molecule has 0 saturated heterocycles. The van der Waals surface area contributed by atoms with Crippen LogP contribution in [0.4, 0.5) is 0 Å². The Bertz CT molecular complexity index is 1210. The summed E-state index contributed by atoms with van der Waals surface area (Å²) in [7, 11) is -1.97. The summed E-state index contributed by atoms with van der Waals surface area (Å²) in [6.07, 6.45) is 6.06. The topological polar surface area (TPSA) is 75.5 Å². The van der Waals surface area contributed by atoms with Gasteiger partial charge in [0, 0.05) is 42.6 Å². The molecule has 0 radical (unpaired) electrons. The number of hydrogen-bond acceptors (Lipinski definition) is 4. The van der Waals surface area contributed by atoms with Crippen LogP contribution in [0, 0.1) is 0 Å². The van der Waals surface area contributed by atoms with Gasteiger partial charge in [0.2, 0.25) is 15.9 Å². The number of amides is 1. The van der Waals surface area contributed by atoms with Crippen LogP contribution in [0.2, 0.25) is 0 Å². The van der Waals surface area contributed by atoms with Crippen molar-refractivity contribution in [2.75, 3.05) is 6.54 Å². The molecule has 4 rings (SSSR count). The first-order valence-corrected chi connectivity index (χ1v) is 12.5. The van der Waals surface area contributed by atoms with Crippen LogP contribution < -0.4 is 0 Å². The molecule has 0 spiro atoms. The quantitative estimate of drug-likeness (QED) is 0.496. The fourth-order valence-electron chi connectivity index (χ4n) is 3.96. The van der Waals surface area contributed by atoms with Gasteiger partial charge in [-0.05, 0) is 50.5 Å². The number of benzene rings is 1. The van der Waals surface area contributed by atoms with Gasteiger partial charge >= 0.3 is 0 Å². The van der Waals surface area contributed by atoms with Gasteiger partial charge in [-0.25, -0.2) is 8.42 Å². The highest BCUT2D eigenvalue weighted by molar-refractivity contribution is 7.89. The zero-order valence-corrected chi connectivity index (χ0v) is 19.6. The fourth-order valence-corrected chi connectivity index (χ4v) is 5.78. The Morgan fingerprint density at radius 2 is 1.94 bits per heavy atom. The summed E-state index contributed by atoms with van der Waals surface area (Å²) in [4.78, 5) is 19.7. The predicted octanol–water partition coefficient (Wildman–Crippen LogP) is 3.55. The molecular formula is C24H30N4O3S. The van der Waals surface area contributed by atoms with E-state index in [2.05, 4.69) is 4.98 Å². The molecule has 0 bridgehead atoms. The zero-order valence-electron chi connectivity index (χ0n) is 18.8. The maximum absolute atomic E-state index is 13.8. The number of hydrogen-bond donors (Lipinski definition) is 0. The van der Waals surface area contributed by atoms with Crippen molar-refractivity contribution in [3.8, 4) is 0 Å². The van der Waals surface area contributed by atoms with Crippen molar-refractivity contribution >= 4 is 26.8 Å². The molecule has 7 nitrogen and oxygen atoms in total. The van der Waals surface area contributed by atoms with E-state index in [9.17, 15) is 13.2 Å². The van der Waals surface area contributed by atoms with E-state index in [-0.39, 0.29) is 29.4 Å². The highest BCUT2D eigenvalue weighted by Crippen LogP contribution is 2.30. The average Bonchev–Trinajstić information content (AvgIpc) is 3.56. The monoisotopic (exact) mass is 454 g/mol. The summed E-state index contributed by atoms with van der Waals surface area (Å²) < 4.78 is 30.9. The number of aryl methyl sites for hydroxylation is 1. The van der Waals surface area contributed by atoms with E-state index in [0.717, 1.165) is 23.9 Å². The minimum absolute atomic E-state index is 0.143. The largest absolute Gasteiger partial charge is 0.353 e. The molecule has 3 aromatic rings. The SMILES string of the molecule is CCC(C)N(CC(=O)N(Cc1cccn1C)C1CC1)S(=O)(=O)c1cccc2cccnc12. The molecule has 1 aliphatic carbocycles. The van der Waals surface area contributed by atoms with Crippen molar-refractivity contribution < 1.29 is 13.2 Å². The average molecular weight is 455 g/mol. The first kappa shape index (κ1) is 22.5. The van der Waals surface area contributed by atoms with Crippen LogP contribution in [0.3, 0.4) is 0 Å². The highest BCUT2D eigenvalue weighted by Gasteiger charge is 2.37. The highest BCUT2D eigenvalue weighted by atomic mass is 32.2. The number of nitrogens with zero attached hydrogens (tertiary/aromatic N) is 4. The summed E-state index contributed by atoms with van der Waals surface area (Å²) >= 11 is 0. The van der Waals surface area contributed by atoms with E-state index in [1.54, 1.807) is 24.4 Å². The molecule has 1 aromatic carbocycles. The van der Waals surface area contributed by atoms with Crippen LogP contribution in [0.15, 0.2) is 59.8 Å². The van der Waals surface area contributed by atoms with Gasteiger partial charge in [-0.2, -0.15) is 4.31 Å². The number of carbonyl (C=O) groups excluding carboxylic acids is 1. The molecule has 1 saturated carbocycles. The number of rotatable bonds is 9. The lowest BCUT2D eigenvalue weighted by molar-refractivity contribution is -0.133. The molecule has 1 amide bonds. The summed E-state index contributed by atoms with van der Waals surface area (Å²) in [5, 5.41) is 0.757. The van der Waals surface area contributed by atoms with Gasteiger partial charge in [0.1, 0.15) is 4.90 Å². The Morgan fingerprint density at radius 1 is 1.19 bits per heavy atom. The first-order valence-electron chi connectivity index (χ1n) is 11.1. The van der Waals surface area contributed by atoms with E-state index in [4.69, 9.17) is 0 Å². The van der Waals surface area contributed by atoms with E-state index in [0.29, 0.717) is 18.5 Å². The predicted molar refractivity (Wildman–Crippen MR) is 124 cm³/mol. The van der Waals surface area contributed by atoms with Gasteiger partial charge in [0.05, 0.1) is 18.6 Å². The Balaban J connectivity index is 1.66. The van der Waals surface area contributed by atoms with Crippen LogP contribution >= 0.6 is 0 Å². The van der Waals surface area contributed by atoms with Crippen molar-refractivity contribution in [2.45, 2.75) is 56.6 Å². The van der Waals surface area contributed by atoms with Crippen molar-refractivity contribution in [2.24, 2.45) is 7.05 Å². The van der Waals surface area contributed by atoms with E-state index >= 15 is 0 Å². The van der Waals surface area contributed by atoms with Crippen LogP contribution in [0.5, 0.6) is 0 Å². The van der Waals surface area contributed by atoms with Gasteiger partial charge in [0.25, 0.3) is 0 Å². The molecular weight excluding hydrogens is 424 g/mol. The number of sulfonamides is 1. The molecule has 0 aliphatic heterocycles. The Morgan fingerprint density at radius 3 is 2.59 bits per heavy atom. The molecule has 1 aliphatic rings. The fraction of sp³-hybridized carbons (Fsp3) is 0.417. The number of fused-ring (bicyclic) bond motifs is 1. The minimum atomic E-state index is -3.92. The number of para-hydroxylation sites is 1. The number of carbonyl (C=O) groups is 1. The Labute approximate surface area is 189 Å². The lowest BCUT2D eigenvalue weighted by Gasteiger charge is -2.31. The number of aromatic nitrogens is 2. The third-order valence-electron chi connectivity index (χ3n) is 6.25. The van der Waals surface area contributed by atoms with Gasteiger partial charge < -0.3 is 9.47 Å². The van der Waals surface area contributed by atoms with E-state index in [1.165, 1.54) is 4.31 Å². The van der Waals surface area contributed by atoms with Crippen LogP contribution in [0.1, 0.15) is 38.8 Å². The van der Waals surface area contributed by atoms with E-state index in [1.807, 2.05) is 60.8 Å². The maximum atomic E-state index is 13.8. The second-order valence-corrected chi connectivity index (χ2v) is 10.4. The molecule has 1 atom stereocenters. The smallest absolute Gasteiger partial charge is 0.245 e. The second kappa shape index (κ2) is 9.03. The molecule has 1 unspecified atom stereocenters. The minimum Gasteiger partial charge on any atom is -0.353 e. The summed E-state index contributed by atoms with van der Waals surface area (Å²) in [6.45, 7) is 4.09. The third-order valence-corrected chi connectivity index (χ3v) is 8.24.